The SMILES string of the molecule is CC(C)C[C@H](NC(=O)[C@@H](O)[C@H](N)Cc1ccccc1)C(=O)OCCOCCOCCOCC(=O)NCCCOc1cc(/C=C/C(=O)c2cc(C(C)(C)C)cc(C(C)(C)C)c2)ccc1C(=O)O. The van der Waals surface area contributed by atoms with Crippen LogP contribution in [0.5, 0.6) is 5.75 Å². The van der Waals surface area contributed by atoms with E-state index >= 15 is 0 Å². The molecule has 0 aliphatic rings. The summed E-state index contributed by atoms with van der Waals surface area (Å²) in [5.41, 5.74) is 9.95. The van der Waals surface area contributed by atoms with E-state index < -0.39 is 36.0 Å². The van der Waals surface area contributed by atoms with Gasteiger partial charge in [-0.15, -0.1) is 0 Å². The minimum atomic E-state index is -1.51. The van der Waals surface area contributed by atoms with E-state index in [1.165, 1.54) is 12.1 Å². The minimum absolute atomic E-state index is 0.0213. The highest BCUT2D eigenvalue weighted by atomic mass is 16.6. The van der Waals surface area contributed by atoms with E-state index in [1.807, 2.05) is 56.3 Å². The molecule has 6 N–H and O–H groups in total. The molecule has 0 saturated carbocycles. The van der Waals surface area contributed by atoms with Crippen molar-refractivity contribution in [2.24, 2.45) is 11.7 Å². The fourth-order valence-corrected chi connectivity index (χ4v) is 6.42. The predicted octanol–water partition coefficient (Wildman–Crippen LogP) is 5.82. The summed E-state index contributed by atoms with van der Waals surface area (Å²) in [5.74, 6) is -2.83. The largest absolute Gasteiger partial charge is 0.493 e. The van der Waals surface area contributed by atoms with Crippen molar-refractivity contribution in [3.63, 3.8) is 0 Å². The molecular formula is C51H71N3O12. The molecule has 3 rings (SSSR count). The number of carbonyl (C=O) groups is 5. The van der Waals surface area contributed by atoms with E-state index in [1.54, 1.807) is 18.2 Å². The van der Waals surface area contributed by atoms with Crippen LogP contribution in [0.2, 0.25) is 0 Å². The van der Waals surface area contributed by atoms with Crippen molar-refractivity contribution in [1.29, 1.82) is 0 Å². The second-order valence-corrected chi connectivity index (χ2v) is 18.5. The molecule has 0 unspecified atom stereocenters. The molecule has 3 atom stereocenters. The Balaban J connectivity index is 1.29. The zero-order valence-corrected chi connectivity index (χ0v) is 39.9. The van der Waals surface area contributed by atoms with Gasteiger partial charge in [0.1, 0.15) is 36.7 Å². The van der Waals surface area contributed by atoms with E-state index in [9.17, 15) is 34.2 Å². The van der Waals surface area contributed by atoms with Crippen molar-refractivity contribution in [3.05, 3.63) is 106 Å². The van der Waals surface area contributed by atoms with Gasteiger partial charge in [-0.1, -0.05) is 104 Å². The Morgan fingerprint density at radius 2 is 1.38 bits per heavy atom. The molecule has 3 aromatic carbocycles. The molecule has 0 fully saturated rings. The fraction of sp³-hybridized carbons (Fsp3) is 0.510. The summed E-state index contributed by atoms with van der Waals surface area (Å²) in [6.07, 6.45) is 2.61. The van der Waals surface area contributed by atoms with Crippen LogP contribution < -0.4 is 21.1 Å². The lowest BCUT2D eigenvalue weighted by atomic mass is 9.79. The quantitative estimate of drug-likeness (QED) is 0.0251. The topological polar surface area (TPSA) is 222 Å². The average Bonchev–Trinajstić information content (AvgIpc) is 3.25. The lowest BCUT2D eigenvalue weighted by Gasteiger charge is -2.25. The molecule has 0 heterocycles. The number of allylic oxidation sites excluding steroid dienone is 1. The van der Waals surface area contributed by atoms with Gasteiger partial charge in [0.25, 0.3) is 5.91 Å². The van der Waals surface area contributed by atoms with Crippen molar-refractivity contribution >= 4 is 35.6 Å². The van der Waals surface area contributed by atoms with Crippen LogP contribution in [0.3, 0.4) is 0 Å². The van der Waals surface area contributed by atoms with Crippen LogP contribution in [0, 0.1) is 5.92 Å². The summed E-state index contributed by atoms with van der Waals surface area (Å²) in [7, 11) is 0. The van der Waals surface area contributed by atoms with Crippen molar-refractivity contribution < 1.29 is 57.9 Å². The van der Waals surface area contributed by atoms with Crippen molar-refractivity contribution in [3.8, 4) is 5.75 Å². The maximum Gasteiger partial charge on any atom is 0.339 e. The molecule has 0 aliphatic carbocycles. The Labute approximate surface area is 389 Å². The van der Waals surface area contributed by atoms with Crippen LogP contribution in [-0.4, -0.2) is 117 Å². The number of carbonyl (C=O) groups excluding carboxylic acids is 4. The van der Waals surface area contributed by atoms with Gasteiger partial charge in [0.15, 0.2) is 5.78 Å². The highest BCUT2D eigenvalue weighted by Crippen LogP contribution is 2.31. The number of aromatic carboxylic acids is 1. The molecule has 0 saturated heterocycles. The fourth-order valence-electron chi connectivity index (χ4n) is 6.42. The molecule has 0 aliphatic heterocycles. The van der Waals surface area contributed by atoms with E-state index in [2.05, 4.69) is 58.2 Å². The second kappa shape index (κ2) is 27.3. The minimum Gasteiger partial charge on any atom is -0.493 e. The number of carboxylic acid groups (broad SMARTS) is 1. The smallest absolute Gasteiger partial charge is 0.339 e. The number of ether oxygens (including phenoxy) is 5. The van der Waals surface area contributed by atoms with Gasteiger partial charge in [-0.25, -0.2) is 9.59 Å². The highest BCUT2D eigenvalue weighted by Gasteiger charge is 2.30. The van der Waals surface area contributed by atoms with E-state index in [0.717, 1.165) is 16.7 Å². The molecular weight excluding hydrogens is 847 g/mol. The summed E-state index contributed by atoms with van der Waals surface area (Å²) >= 11 is 0. The van der Waals surface area contributed by atoms with Gasteiger partial charge in [-0.05, 0) is 88.6 Å². The zero-order valence-electron chi connectivity index (χ0n) is 39.9. The second-order valence-electron chi connectivity index (χ2n) is 18.5. The Hall–Kier alpha value is -5.45. The lowest BCUT2D eigenvalue weighted by molar-refractivity contribution is -0.151. The summed E-state index contributed by atoms with van der Waals surface area (Å²) < 4.78 is 27.4. The number of hydrogen-bond donors (Lipinski definition) is 5. The van der Waals surface area contributed by atoms with Gasteiger partial charge in [0, 0.05) is 18.2 Å². The maximum atomic E-state index is 13.3. The number of aliphatic hydroxyl groups is 1. The summed E-state index contributed by atoms with van der Waals surface area (Å²) in [6, 6.07) is 18.1. The predicted molar refractivity (Wildman–Crippen MR) is 253 cm³/mol. The standard InChI is InChI=1S/C51H71N3O12/c1-34(2)27-42(54-47(58)46(57)41(52)28-35-13-10-9-11-14-35)49(61)66-26-25-63-22-21-62-23-24-64-33-45(56)53-19-12-20-65-44-29-36(15-17-40(44)48(59)60)16-18-43(55)37-30-38(50(3,4)5)32-39(31-37)51(6,7)8/h9-11,13-18,29-32,34,41-42,46,57H,12,19-28,33,52H2,1-8H3,(H,53,56)(H,54,58)(H,59,60)/b18-16+/t41-,42+,46+/m1/s1. The molecule has 15 nitrogen and oxygen atoms in total. The number of amides is 2. The third kappa shape index (κ3) is 20.0. The molecule has 15 heteroatoms. The third-order valence-electron chi connectivity index (χ3n) is 10.3. The van der Waals surface area contributed by atoms with E-state index in [-0.39, 0.29) is 106 Å². The maximum absolute atomic E-state index is 13.3. The monoisotopic (exact) mass is 918 g/mol. The van der Waals surface area contributed by atoms with Crippen LogP contribution in [0.1, 0.15) is 111 Å². The van der Waals surface area contributed by atoms with Crippen LogP contribution >= 0.6 is 0 Å². The first-order valence-electron chi connectivity index (χ1n) is 22.5. The molecule has 0 radical (unpaired) electrons. The number of carboxylic acids is 1. The van der Waals surface area contributed by atoms with Crippen molar-refractivity contribution in [2.75, 3.05) is 59.4 Å². The van der Waals surface area contributed by atoms with Gasteiger partial charge in [0.05, 0.1) is 39.6 Å². The summed E-state index contributed by atoms with van der Waals surface area (Å²) in [6.45, 7) is 17.6. The number of aliphatic hydroxyl groups excluding tert-OH is 1. The van der Waals surface area contributed by atoms with E-state index in [4.69, 9.17) is 29.4 Å². The van der Waals surface area contributed by atoms with Crippen LogP contribution in [0.25, 0.3) is 6.08 Å². The number of nitrogens with two attached hydrogens (primary N) is 1. The van der Waals surface area contributed by atoms with Crippen LogP contribution in [0.15, 0.2) is 72.8 Å². The number of nitrogens with one attached hydrogen (secondary N) is 2. The Morgan fingerprint density at radius 3 is 1.97 bits per heavy atom. The van der Waals surface area contributed by atoms with E-state index in [0.29, 0.717) is 24.0 Å². The Bertz CT molecular complexity index is 2020. The highest BCUT2D eigenvalue weighted by molar-refractivity contribution is 6.07. The number of hydrogen-bond acceptors (Lipinski definition) is 12. The number of ketones is 1. The molecule has 66 heavy (non-hydrogen) atoms. The van der Waals surface area contributed by atoms with Crippen LogP contribution in [0.4, 0.5) is 0 Å². The average molecular weight is 918 g/mol. The van der Waals surface area contributed by atoms with Gasteiger partial charge in [0.2, 0.25) is 5.91 Å². The first-order valence-corrected chi connectivity index (χ1v) is 22.5. The number of esters is 1. The normalized spacial score (nSPS) is 13.3. The molecule has 3 aromatic rings. The van der Waals surface area contributed by atoms with Gasteiger partial charge >= 0.3 is 11.9 Å². The summed E-state index contributed by atoms with van der Waals surface area (Å²) in [4.78, 5) is 63.0. The van der Waals surface area contributed by atoms with Gasteiger partial charge < -0.3 is 50.3 Å². The van der Waals surface area contributed by atoms with Crippen molar-refractivity contribution in [2.45, 2.75) is 104 Å². The van der Waals surface area contributed by atoms with Crippen LogP contribution in [-0.2, 0) is 50.6 Å². The molecule has 0 aromatic heterocycles. The molecule has 2 amide bonds. The van der Waals surface area contributed by atoms with Gasteiger partial charge in [-0.2, -0.15) is 0 Å². The number of rotatable bonds is 28. The first-order chi connectivity index (χ1) is 31.1. The van der Waals surface area contributed by atoms with Gasteiger partial charge in [-0.3, -0.25) is 14.4 Å². The summed E-state index contributed by atoms with van der Waals surface area (Å²) in [5, 5.41) is 25.5. The van der Waals surface area contributed by atoms with Crippen molar-refractivity contribution in [1.82, 2.24) is 10.6 Å². The Morgan fingerprint density at radius 1 is 0.773 bits per heavy atom. The molecule has 362 valence electrons. The molecule has 0 bridgehead atoms. The first kappa shape index (κ1) is 54.9. The third-order valence-corrected chi connectivity index (χ3v) is 10.3. The lowest BCUT2D eigenvalue weighted by Crippen LogP contribution is -2.52. The molecule has 0 spiro atoms. The number of benzene rings is 3. The Kier molecular flexibility index (Phi) is 22.7. The zero-order chi connectivity index (χ0) is 48.9.